The Bertz CT molecular complexity index is 1870. The summed E-state index contributed by atoms with van der Waals surface area (Å²) in [6.45, 7) is 14.7. The fraction of sp³-hybridized carbons (Fsp3) is 0.353. The Kier molecular flexibility index (Phi) is 6.87. The predicted molar refractivity (Wildman–Crippen MR) is 165 cm³/mol. The molecule has 6 heterocycles. The molecule has 3 aromatic rings. The molecule has 0 unspecified atom stereocenters. The Labute approximate surface area is 244 Å². The molecule has 0 aliphatic carbocycles. The maximum atomic E-state index is 13.5. The van der Waals surface area contributed by atoms with Crippen molar-refractivity contribution in [1.29, 1.82) is 0 Å². The van der Waals surface area contributed by atoms with Crippen LogP contribution in [0.25, 0.3) is 39.3 Å². The number of allylic oxidation sites excluding steroid dienone is 1. The normalized spacial score (nSPS) is 17.8. The molecule has 8 bridgehead atoms. The van der Waals surface area contributed by atoms with E-state index in [4.69, 9.17) is 19.4 Å². The molecule has 8 heteroatoms. The smallest absolute Gasteiger partial charge is 0.342 e. The molecule has 0 spiro atoms. The number of nitrogens with zero attached hydrogens (tertiary/aromatic N) is 2. The first-order chi connectivity index (χ1) is 20.2. The summed E-state index contributed by atoms with van der Waals surface area (Å²) in [7, 11) is 1.39. The summed E-state index contributed by atoms with van der Waals surface area (Å²) in [5, 5.41) is 0. The van der Waals surface area contributed by atoms with Gasteiger partial charge >= 0.3 is 11.9 Å². The van der Waals surface area contributed by atoms with Gasteiger partial charge in [0.15, 0.2) is 0 Å². The fourth-order valence-corrected chi connectivity index (χ4v) is 6.60. The molecule has 3 aliphatic heterocycles. The van der Waals surface area contributed by atoms with E-state index in [1.54, 1.807) is 0 Å². The summed E-state index contributed by atoms with van der Waals surface area (Å²) >= 11 is 0. The highest BCUT2D eigenvalue weighted by atomic mass is 16.5. The van der Waals surface area contributed by atoms with Crippen molar-refractivity contribution >= 4 is 51.2 Å². The number of aromatic amines is 2. The molecule has 0 saturated carbocycles. The lowest BCUT2D eigenvalue weighted by atomic mass is 9.84. The molecule has 2 N–H and O–H groups in total. The van der Waals surface area contributed by atoms with Crippen LogP contribution in [0.1, 0.15) is 101 Å². The number of rotatable bonds is 5. The lowest BCUT2D eigenvalue weighted by molar-refractivity contribution is -0.140. The number of carbonyl (C=O) groups is 2. The summed E-state index contributed by atoms with van der Waals surface area (Å²) in [5.74, 6) is -0.979. The molecule has 8 nitrogen and oxygen atoms in total. The Hall–Kier alpha value is -4.46. The number of carbonyl (C=O) groups excluding carboxylic acids is 2. The third-order valence-electron chi connectivity index (χ3n) is 9.20. The van der Waals surface area contributed by atoms with Crippen LogP contribution in [0.15, 0.2) is 24.8 Å². The first-order valence-electron chi connectivity index (χ1n) is 14.5. The van der Waals surface area contributed by atoms with E-state index in [2.05, 4.69) is 62.4 Å². The first kappa shape index (κ1) is 27.7. The second-order valence-electron chi connectivity index (χ2n) is 11.4. The SMILES string of the molecule is C=Cc1c(C)c2cc3nc(c4c5nc(cc6[nH]c(cc1[nH]2)c(C)c6CC)C(C)=C5COC4=O)[C@@H](CCC(=O)OC)[C@@H]3C. The van der Waals surface area contributed by atoms with E-state index in [0.29, 0.717) is 23.4 Å². The minimum Gasteiger partial charge on any atom is -0.469 e. The third-order valence-corrected chi connectivity index (χ3v) is 9.20. The Morgan fingerprint density at radius 1 is 1.10 bits per heavy atom. The summed E-state index contributed by atoms with van der Waals surface area (Å²) in [6.07, 6.45) is 3.43. The van der Waals surface area contributed by atoms with Gasteiger partial charge in [0.1, 0.15) is 12.2 Å². The van der Waals surface area contributed by atoms with Crippen molar-refractivity contribution in [2.75, 3.05) is 13.7 Å². The van der Waals surface area contributed by atoms with Crippen LogP contribution in [0.4, 0.5) is 0 Å². The van der Waals surface area contributed by atoms with Gasteiger partial charge in [-0.15, -0.1) is 0 Å². The van der Waals surface area contributed by atoms with E-state index in [-0.39, 0.29) is 30.8 Å². The van der Waals surface area contributed by atoms with Gasteiger partial charge in [-0.05, 0) is 74.1 Å². The van der Waals surface area contributed by atoms with Crippen LogP contribution in [-0.2, 0) is 20.7 Å². The van der Waals surface area contributed by atoms with Gasteiger partial charge in [-0.2, -0.15) is 0 Å². The Balaban J connectivity index is 1.77. The number of aromatic nitrogens is 4. The predicted octanol–water partition coefficient (Wildman–Crippen LogP) is 7.08. The molecule has 0 radical (unpaired) electrons. The molecule has 0 amide bonds. The molecular weight excluding hydrogens is 528 g/mol. The summed E-state index contributed by atoms with van der Waals surface area (Å²) in [5.41, 5.74) is 13.5. The van der Waals surface area contributed by atoms with Crippen LogP contribution in [0.3, 0.4) is 0 Å². The summed E-state index contributed by atoms with van der Waals surface area (Å²) in [4.78, 5) is 43.0. The summed E-state index contributed by atoms with van der Waals surface area (Å²) in [6, 6.07) is 6.27. The van der Waals surface area contributed by atoms with Gasteiger partial charge in [-0.1, -0.05) is 26.5 Å². The van der Waals surface area contributed by atoms with E-state index in [0.717, 1.165) is 62.1 Å². The zero-order valence-corrected chi connectivity index (χ0v) is 25.0. The standard InChI is InChI=1S/C34H36N4O4/c1-8-20-16(3)24-12-26-18(5)22(10-11-30(39)41-7)32(37-26)31-33-23(15-42-34(31)40)19(6)27(38-33)14-29-21(9-2)17(4)25(36-29)13-28(20)35-24/h8,12-14,18,22,35-36H,1,9-11,15H2,2-7H3/t18-,22-/m0/s1. The molecule has 42 heavy (non-hydrogen) atoms. The van der Waals surface area contributed by atoms with Crippen molar-refractivity contribution in [2.45, 2.75) is 65.7 Å². The number of ether oxygens (including phenoxy) is 2. The van der Waals surface area contributed by atoms with Crippen LogP contribution >= 0.6 is 0 Å². The number of nitrogens with one attached hydrogen (secondary N) is 2. The van der Waals surface area contributed by atoms with Gasteiger partial charge in [0, 0.05) is 57.2 Å². The molecule has 6 rings (SSSR count). The topological polar surface area (TPSA) is 110 Å². The fourth-order valence-electron chi connectivity index (χ4n) is 6.60. The number of H-pyrrole nitrogens is 2. The van der Waals surface area contributed by atoms with E-state index in [1.165, 1.54) is 18.2 Å². The average molecular weight is 565 g/mol. The first-order valence-corrected chi connectivity index (χ1v) is 14.5. The molecule has 3 aromatic heterocycles. The van der Waals surface area contributed by atoms with Crippen LogP contribution in [0.2, 0.25) is 0 Å². The number of hydrogen-bond donors (Lipinski definition) is 2. The number of fused-ring (bicyclic) bond motifs is 8. The van der Waals surface area contributed by atoms with Crippen molar-refractivity contribution < 1.29 is 19.1 Å². The van der Waals surface area contributed by atoms with Crippen LogP contribution in [-0.4, -0.2) is 45.6 Å². The van der Waals surface area contributed by atoms with Crippen molar-refractivity contribution in [1.82, 2.24) is 19.9 Å². The lowest BCUT2D eigenvalue weighted by Crippen LogP contribution is -2.20. The van der Waals surface area contributed by atoms with Gasteiger partial charge in [-0.3, -0.25) is 9.78 Å². The highest BCUT2D eigenvalue weighted by molar-refractivity contribution is 6.05. The summed E-state index contributed by atoms with van der Waals surface area (Å²) < 4.78 is 10.7. The molecule has 216 valence electrons. The molecule has 3 aliphatic rings. The highest BCUT2D eigenvalue weighted by Gasteiger charge is 2.38. The van der Waals surface area contributed by atoms with Gasteiger partial charge in [0.2, 0.25) is 0 Å². The van der Waals surface area contributed by atoms with Crippen molar-refractivity contribution in [3.8, 4) is 0 Å². The number of cyclic esters (lactones) is 1. The van der Waals surface area contributed by atoms with Gasteiger partial charge in [0.05, 0.1) is 24.2 Å². The molecule has 2 atom stereocenters. The second kappa shape index (κ2) is 10.4. The number of aryl methyl sites for hydroxylation is 3. The molecule has 0 aromatic carbocycles. The van der Waals surface area contributed by atoms with Crippen molar-refractivity contribution in [3.63, 3.8) is 0 Å². The maximum Gasteiger partial charge on any atom is 0.342 e. The zero-order chi connectivity index (χ0) is 29.9. The van der Waals surface area contributed by atoms with E-state index >= 15 is 0 Å². The number of hydrogen-bond acceptors (Lipinski definition) is 6. The van der Waals surface area contributed by atoms with E-state index in [1.807, 2.05) is 13.0 Å². The maximum absolute atomic E-state index is 13.5. The van der Waals surface area contributed by atoms with Crippen molar-refractivity contribution in [3.05, 3.63) is 75.4 Å². The van der Waals surface area contributed by atoms with Crippen LogP contribution in [0.5, 0.6) is 0 Å². The minimum absolute atomic E-state index is 0.0599. The average Bonchev–Trinajstić information content (AvgIpc) is 3.64. The number of esters is 2. The van der Waals surface area contributed by atoms with Gasteiger partial charge in [-0.25, -0.2) is 9.78 Å². The van der Waals surface area contributed by atoms with Gasteiger partial charge in [0.25, 0.3) is 0 Å². The lowest BCUT2D eigenvalue weighted by Gasteiger charge is -2.20. The molecular formula is C34H36N4O4. The molecule has 0 fully saturated rings. The second-order valence-corrected chi connectivity index (χ2v) is 11.4. The van der Waals surface area contributed by atoms with Gasteiger partial charge < -0.3 is 19.4 Å². The zero-order valence-electron chi connectivity index (χ0n) is 25.0. The quantitative estimate of drug-likeness (QED) is 0.321. The largest absolute Gasteiger partial charge is 0.469 e. The highest BCUT2D eigenvalue weighted by Crippen LogP contribution is 2.44. The molecule has 0 saturated heterocycles. The van der Waals surface area contributed by atoms with E-state index in [9.17, 15) is 9.59 Å². The Morgan fingerprint density at radius 3 is 2.55 bits per heavy atom. The minimum atomic E-state index is -0.433. The Morgan fingerprint density at radius 2 is 1.83 bits per heavy atom. The van der Waals surface area contributed by atoms with E-state index < -0.39 is 5.97 Å². The van der Waals surface area contributed by atoms with Crippen LogP contribution < -0.4 is 0 Å². The van der Waals surface area contributed by atoms with Crippen LogP contribution in [0, 0.1) is 13.8 Å². The third kappa shape index (κ3) is 4.28. The number of methoxy groups -OCH3 is 1. The monoisotopic (exact) mass is 564 g/mol. The van der Waals surface area contributed by atoms with Crippen molar-refractivity contribution in [2.24, 2.45) is 0 Å².